The first-order valence-electron chi connectivity index (χ1n) is 10.0. The third kappa shape index (κ3) is 6.31. The van der Waals surface area contributed by atoms with Gasteiger partial charge in [-0.05, 0) is 25.1 Å². The minimum absolute atomic E-state index is 0.131. The van der Waals surface area contributed by atoms with Gasteiger partial charge in [0.05, 0.1) is 13.1 Å². The Morgan fingerprint density at radius 3 is 2.77 bits per heavy atom. The highest BCUT2D eigenvalue weighted by Crippen LogP contribution is 2.20. The van der Waals surface area contributed by atoms with E-state index in [0.29, 0.717) is 16.8 Å². The smallest absolute Gasteiger partial charge is 0.249 e. The number of carbonyl (C=O) groups is 3. The van der Waals surface area contributed by atoms with Crippen LogP contribution in [-0.4, -0.2) is 50.1 Å². The molecule has 0 saturated carbocycles. The van der Waals surface area contributed by atoms with Gasteiger partial charge in [0.15, 0.2) is 11.6 Å². The van der Waals surface area contributed by atoms with E-state index in [1.165, 1.54) is 12.0 Å². The Morgan fingerprint density at radius 2 is 2.10 bits per heavy atom. The number of hydrogen-bond donors (Lipinski definition) is 2. The van der Waals surface area contributed by atoms with E-state index in [4.69, 9.17) is 4.74 Å². The Morgan fingerprint density at radius 1 is 1.35 bits per heavy atom. The Balaban J connectivity index is 2.20. The number of ether oxygens (including phenoxy) is 1. The summed E-state index contributed by atoms with van der Waals surface area (Å²) in [5.41, 5.74) is 1.54. The van der Waals surface area contributed by atoms with Crippen molar-refractivity contribution in [3.8, 4) is 5.75 Å². The predicted molar refractivity (Wildman–Crippen MR) is 118 cm³/mol. The zero-order valence-corrected chi connectivity index (χ0v) is 18.2. The maximum atomic E-state index is 14.4. The van der Waals surface area contributed by atoms with Crippen molar-refractivity contribution in [2.45, 2.75) is 32.8 Å². The van der Waals surface area contributed by atoms with Crippen LogP contribution in [0, 0.1) is 5.82 Å². The average Bonchev–Trinajstić information content (AvgIpc) is 2.82. The van der Waals surface area contributed by atoms with Crippen molar-refractivity contribution >= 4 is 25.6 Å². The van der Waals surface area contributed by atoms with E-state index in [9.17, 15) is 18.8 Å². The molecule has 0 fully saturated rings. The number of hydrogen-bond acceptors (Lipinski definition) is 5. The number of methoxy groups -OCH3 is 1. The van der Waals surface area contributed by atoms with Crippen LogP contribution < -0.4 is 15.4 Å². The van der Waals surface area contributed by atoms with Gasteiger partial charge >= 0.3 is 0 Å². The Hall–Kier alpha value is -3.36. The summed E-state index contributed by atoms with van der Waals surface area (Å²) < 4.78 is 19.4. The number of amides is 3. The molecule has 2 rings (SSSR count). The van der Waals surface area contributed by atoms with Crippen molar-refractivity contribution in [3.63, 3.8) is 0 Å². The second-order valence-electron chi connectivity index (χ2n) is 7.05. The Labute approximate surface area is 182 Å². The number of nitrogens with one attached hydrogen (secondary N) is 2. The molecule has 0 bridgehead atoms. The standard InChI is InChI=1S/C22H27BFN3O4/c1-4-18(28)26-21(29)20(23)27-12-11-16(9-5-7-14(2)22(27)30)25-13-15-8-6-10-17(31-3)19(15)24/h5-11,20,25H,4,12-13,23H2,1-3H3,(H,26,28,29)/b9-5-,14-7+,16-11-. The molecule has 3 amide bonds. The average molecular weight is 427 g/mol. The molecule has 7 nitrogen and oxygen atoms in total. The minimum Gasteiger partial charge on any atom is -0.494 e. The van der Waals surface area contributed by atoms with E-state index in [2.05, 4.69) is 10.6 Å². The normalized spacial score (nSPS) is 19.5. The number of benzene rings is 1. The van der Waals surface area contributed by atoms with E-state index in [1.54, 1.807) is 64.2 Å². The first kappa shape index (κ1) is 23.9. The van der Waals surface area contributed by atoms with E-state index in [-0.39, 0.29) is 31.2 Å². The summed E-state index contributed by atoms with van der Waals surface area (Å²) in [5, 5.41) is 5.43. The summed E-state index contributed by atoms with van der Waals surface area (Å²) >= 11 is 0. The van der Waals surface area contributed by atoms with Crippen LogP contribution in [0.2, 0.25) is 0 Å². The van der Waals surface area contributed by atoms with Gasteiger partial charge in [0.25, 0.3) is 0 Å². The number of halogens is 1. The number of imide groups is 1. The first-order chi connectivity index (χ1) is 14.8. The first-order valence-corrected chi connectivity index (χ1v) is 10.0. The van der Waals surface area contributed by atoms with Crippen LogP contribution in [0.1, 0.15) is 25.8 Å². The topological polar surface area (TPSA) is 87.7 Å². The van der Waals surface area contributed by atoms with E-state index < -0.39 is 23.6 Å². The molecule has 1 heterocycles. The molecule has 0 saturated heterocycles. The highest BCUT2D eigenvalue weighted by atomic mass is 19.1. The molecule has 0 aromatic heterocycles. The molecule has 1 unspecified atom stereocenters. The highest BCUT2D eigenvalue weighted by molar-refractivity contribution is 6.27. The molecule has 1 aromatic rings. The number of nitrogens with zero attached hydrogens (tertiary/aromatic N) is 1. The van der Waals surface area contributed by atoms with Crippen molar-refractivity contribution in [2.75, 3.05) is 13.7 Å². The van der Waals surface area contributed by atoms with Crippen LogP contribution in [0.3, 0.4) is 0 Å². The number of allylic oxidation sites excluding steroid dienone is 3. The summed E-state index contributed by atoms with van der Waals surface area (Å²) in [6, 6.07) is 4.91. The van der Waals surface area contributed by atoms with Gasteiger partial charge in [-0.25, -0.2) is 4.39 Å². The molecule has 0 radical (unpaired) electrons. The van der Waals surface area contributed by atoms with Gasteiger partial charge in [0.2, 0.25) is 17.7 Å². The van der Waals surface area contributed by atoms with Gasteiger partial charge in [-0.1, -0.05) is 31.2 Å². The van der Waals surface area contributed by atoms with Crippen molar-refractivity contribution in [1.29, 1.82) is 0 Å². The quantitative estimate of drug-likeness (QED) is 0.638. The predicted octanol–water partition coefficient (Wildman–Crippen LogP) is 1.16. The maximum absolute atomic E-state index is 14.4. The Bertz CT molecular complexity index is 943. The zero-order valence-electron chi connectivity index (χ0n) is 18.2. The van der Waals surface area contributed by atoms with Gasteiger partial charge in [-0.2, -0.15) is 0 Å². The SMILES string of the molecule is BC(C(=O)NC(=O)CC)N1C/C=C(NCc2cccc(OC)c2F)/C=C\C=C(/C)C1=O. The van der Waals surface area contributed by atoms with Gasteiger partial charge in [0.1, 0.15) is 7.85 Å². The lowest BCUT2D eigenvalue weighted by Gasteiger charge is -2.28. The lowest BCUT2D eigenvalue weighted by Crippen LogP contribution is -2.51. The molecule has 0 spiro atoms. The largest absolute Gasteiger partial charge is 0.494 e. The van der Waals surface area contributed by atoms with Crippen LogP contribution >= 0.6 is 0 Å². The van der Waals surface area contributed by atoms with Crippen molar-refractivity contribution in [1.82, 2.24) is 15.5 Å². The second kappa shape index (κ2) is 11.1. The summed E-state index contributed by atoms with van der Waals surface area (Å²) in [4.78, 5) is 38.1. The van der Waals surface area contributed by atoms with Gasteiger partial charge in [-0.15, -0.1) is 0 Å². The van der Waals surface area contributed by atoms with Crippen molar-refractivity contribution < 1.29 is 23.5 Å². The molecule has 31 heavy (non-hydrogen) atoms. The van der Waals surface area contributed by atoms with E-state index in [0.717, 1.165) is 0 Å². The molecule has 2 N–H and O–H groups in total. The molecule has 9 heteroatoms. The molecule has 1 aromatic carbocycles. The molecule has 1 atom stereocenters. The van der Waals surface area contributed by atoms with Gasteiger partial charge in [0, 0.05) is 36.3 Å². The third-order valence-corrected chi connectivity index (χ3v) is 4.90. The van der Waals surface area contributed by atoms with Gasteiger partial charge in [-0.3, -0.25) is 19.7 Å². The number of carbonyl (C=O) groups excluding carboxylic acids is 3. The molecule has 164 valence electrons. The van der Waals surface area contributed by atoms with Gasteiger partial charge < -0.3 is 15.0 Å². The fourth-order valence-electron chi connectivity index (χ4n) is 2.93. The summed E-state index contributed by atoms with van der Waals surface area (Å²) in [6.45, 7) is 3.64. The Kier molecular flexibility index (Phi) is 8.60. The van der Waals surface area contributed by atoms with E-state index >= 15 is 0 Å². The van der Waals surface area contributed by atoms with Crippen LogP contribution in [0.5, 0.6) is 5.75 Å². The van der Waals surface area contributed by atoms with Crippen molar-refractivity contribution in [3.05, 3.63) is 65.2 Å². The molecular weight excluding hydrogens is 400 g/mol. The van der Waals surface area contributed by atoms with Crippen LogP contribution in [0.25, 0.3) is 0 Å². The summed E-state index contributed by atoms with van der Waals surface area (Å²) in [6.07, 6.45) is 7.03. The minimum atomic E-state index is -0.849. The fourth-order valence-corrected chi connectivity index (χ4v) is 2.93. The number of rotatable bonds is 7. The van der Waals surface area contributed by atoms with Crippen LogP contribution in [-0.2, 0) is 20.9 Å². The summed E-state index contributed by atoms with van der Waals surface area (Å²) in [5.74, 6) is -2.38. The van der Waals surface area contributed by atoms with Crippen LogP contribution in [0.4, 0.5) is 4.39 Å². The summed E-state index contributed by atoms with van der Waals surface area (Å²) in [7, 11) is 2.98. The lowest BCUT2D eigenvalue weighted by atomic mass is 9.92. The lowest BCUT2D eigenvalue weighted by molar-refractivity contribution is -0.137. The monoisotopic (exact) mass is 427 g/mol. The second-order valence-corrected chi connectivity index (χ2v) is 7.05. The maximum Gasteiger partial charge on any atom is 0.249 e. The van der Waals surface area contributed by atoms with Crippen molar-refractivity contribution in [2.24, 2.45) is 0 Å². The van der Waals surface area contributed by atoms with Crippen LogP contribution in [0.15, 0.2) is 53.8 Å². The third-order valence-electron chi connectivity index (χ3n) is 4.90. The highest BCUT2D eigenvalue weighted by Gasteiger charge is 2.27. The molecule has 1 aliphatic rings. The molecular formula is C22H27BFN3O4. The van der Waals surface area contributed by atoms with E-state index in [1.807, 2.05) is 0 Å². The fraction of sp³-hybridized carbons (Fsp3) is 0.318. The molecule has 0 aliphatic carbocycles. The zero-order chi connectivity index (χ0) is 23.0. The molecule has 1 aliphatic heterocycles.